The quantitative estimate of drug-likeness (QED) is 0.894. The highest BCUT2D eigenvalue weighted by Crippen LogP contribution is 2.26. The molecule has 1 saturated heterocycles. The van der Waals surface area contributed by atoms with Crippen LogP contribution in [0.2, 0.25) is 0 Å². The fourth-order valence-electron chi connectivity index (χ4n) is 3.18. The van der Waals surface area contributed by atoms with Gasteiger partial charge in [-0.15, -0.1) is 0 Å². The van der Waals surface area contributed by atoms with Gasteiger partial charge in [-0.2, -0.15) is 0 Å². The number of nitrogens with one attached hydrogen (secondary N) is 2. The van der Waals surface area contributed by atoms with E-state index in [-0.39, 0.29) is 23.8 Å². The Hall–Kier alpha value is -2.37. The fraction of sp³-hybridized carbons (Fsp3) is 0.471. The molecule has 1 fully saturated rings. The van der Waals surface area contributed by atoms with E-state index in [4.69, 9.17) is 0 Å². The second kappa shape index (κ2) is 6.40. The largest absolute Gasteiger partial charge is 0.342 e. The van der Waals surface area contributed by atoms with E-state index >= 15 is 0 Å². The standard InChI is InChI=1S/C17H21N3O3/c1-20-13(6-8-17(20)23)10-16(22)18-12-5-7-14-11(9-12)3-2-4-15(21)19-14/h5,7,9,13H,2-4,6,8,10H2,1H3,(H,18,22)(H,19,21). The molecule has 2 heterocycles. The van der Waals surface area contributed by atoms with Gasteiger partial charge in [0.15, 0.2) is 0 Å². The van der Waals surface area contributed by atoms with Crippen LogP contribution in [-0.4, -0.2) is 35.7 Å². The number of amides is 3. The van der Waals surface area contributed by atoms with Crippen LogP contribution in [-0.2, 0) is 20.8 Å². The number of benzene rings is 1. The minimum absolute atomic E-state index is 0.0115. The number of carbonyl (C=O) groups excluding carboxylic acids is 3. The molecular weight excluding hydrogens is 294 g/mol. The fourth-order valence-corrected chi connectivity index (χ4v) is 3.18. The summed E-state index contributed by atoms with van der Waals surface area (Å²) >= 11 is 0. The Morgan fingerprint density at radius 2 is 2.13 bits per heavy atom. The van der Waals surface area contributed by atoms with Crippen molar-refractivity contribution in [3.63, 3.8) is 0 Å². The van der Waals surface area contributed by atoms with E-state index < -0.39 is 0 Å². The lowest BCUT2D eigenvalue weighted by molar-refractivity contribution is -0.128. The molecule has 1 unspecified atom stereocenters. The zero-order valence-electron chi connectivity index (χ0n) is 13.2. The van der Waals surface area contributed by atoms with E-state index in [9.17, 15) is 14.4 Å². The zero-order chi connectivity index (χ0) is 16.4. The van der Waals surface area contributed by atoms with Crippen LogP contribution in [0.1, 0.15) is 37.7 Å². The topological polar surface area (TPSA) is 78.5 Å². The lowest BCUT2D eigenvalue weighted by Gasteiger charge is -2.19. The van der Waals surface area contributed by atoms with Crippen LogP contribution in [0.4, 0.5) is 11.4 Å². The van der Waals surface area contributed by atoms with Crippen LogP contribution < -0.4 is 10.6 Å². The third kappa shape index (κ3) is 3.52. The van der Waals surface area contributed by atoms with Crippen LogP contribution in [0, 0.1) is 0 Å². The molecule has 122 valence electrons. The van der Waals surface area contributed by atoms with Crippen LogP contribution >= 0.6 is 0 Å². The highest BCUT2D eigenvalue weighted by molar-refractivity contribution is 5.94. The predicted molar refractivity (Wildman–Crippen MR) is 87.0 cm³/mol. The number of carbonyl (C=O) groups is 3. The molecule has 6 heteroatoms. The monoisotopic (exact) mass is 315 g/mol. The molecule has 2 N–H and O–H groups in total. The summed E-state index contributed by atoms with van der Waals surface area (Å²) in [4.78, 5) is 36.9. The Balaban J connectivity index is 1.64. The Labute approximate surface area is 135 Å². The van der Waals surface area contributed by atoms with E-state index in [1.54, 1.807) is 18.0 Å². The van der Waals surface area contributed by atoms with Crippen molar-refractivity contribution in [3.8, 4) is 0 Å². The highest BCUT2D eigenvalue weighted by Gasteiger charge is 2.29. The molecule has 3 amide bonds. The van der Waals surface area contributed by atoms with Crippen molar-refractivity contribution in [2.24, 2.45) is 0 Å². The number of hydrogen-bond acceptors (Lipinski definition) is 3. The average Bonchev–Trinajstić information content (AvgIpc) is 2.72. The molecule has 1 atom stereocenters. The third-order valence-corrected chi connectivity index (χ3v) is 4.57. The second-order valence-electron chi connectivity index (χ2n) is 6.22. The molecular formula is C17H21N3O3. The number of likely N-dealkylation sites (tertiary alicyclic amines) is 1. The van der Waals surface area contributed by atoms with Crippen molar-refractivity contribution in [2.75, 3.05) is 17.7 Å². The summed E-state index contributed by atoms with van der Waals surface area (Å²) in [6.07, 6.45) is 3.73. The van der Waals surface area contributed by atoms with Gasteiger partial charge >= 0.3 is 0 Å². The molecule has 1 aromatic rings. The maximum Gasteiger partial charge on any atom is 0.226 e. The predicted octanol–water partition coefficient (Wildman–Crippen LogP) is 1.91. The van der Waals surface area contributed by atoms with Gasteiger partial charge in [-0.25, -0.2) is 0 Å². The Morgan fingerprint density at radius 1 is 1.30 bits per heavy atom. The van der Waals surface area contributed by atoms with Crippen LogP contribution in [0.3, 0.4) is 0 Å². The molecule has 0 bridgehead atoms. The first-order valence-electron chi connectivity index (χ1n) is 8.01. The first-order valence-corrected chi connectivity index (χ1v) is 8.01. The molecule has 6 nitrogen and oxygen atoms in total. The molecule has 0 radical (unpaired) electrons. The summed E-state index contributed by atoms with van der Waals surface area (Å²) in [6, 6.07) is 5.54. The van der Waals surface area contributed by atoms with Gasteiger partial charge in [0.05, 0.1) is 0 Å². The number of nitrogens with zero attached hydrogens (tertiary/aromatic N) is 1. The summed E-state index contributed by atoms with van der Waals surface area (Å²) in [7, 11) is 1.75. The normalized spacial score (nSPS) is 20.7. The van der Waals surface area contributed by atoms with Crippen LogP contribution in [0.15, 0.2) is 18.2 Å². The average molecular weight is 315 g/mol. The van der Waals surface area contributed by atoms with Crippen LogP contribution in [0.5, 0.6) is 0 Å². The number of aryl methyl sites for hydroxylation is 1. The van der Waals surface area contributed by atoms with Crippen molar-refractivity contribution in [1.29, 1.82) is 0 Å². The SMILES string of the molecule is CN1C(=O)CCC1CC(=O)Nc1ccc2c(c1)CCCC(=O)N2. The minimum atomic E-state index is -0.0887. The first kappa shape index (κ1) is 15.5. The first-order chi connectivity index (χ1) is 11.0. The molecule has 0 saturated carbocycles. The van der Waals surface area contributed by atoms with Gasteiger partial charge < -0.3 is 15.5 Å². The summed E-state index contributed by atoms with van der Waals surface area (Å²) in [5, 5.41) is 5.77. The molecule has 3 rings (SSSR count). The van der Waals surface area contributed by atoms with Crippen molar-refractivity contribution in [1.82, 2.24) is 4.90 Å². The van der Waals surface area contributed by atoms with Crippen molar-refractivity contribution in [3.05, 3.63) is 23.8 Å². The third-order valence-electron chi connectivity index (χ3n) is 4.57. The molecule has 0 aromatic heterocycles. The molecule has 0 spiro atoms. The van der Waals surface area contributed by atoms with Gasteiger partial charge in [0.1, 0.15) is 0 Å². The smallest absolute Gasteiger partial charge is 0.226 e. The maximum atomic E-state index is 12.2. The number of rotatable bonds is 3. The zero-order valence-corrected chi connectivity index (χ0v) is 13.2. The van der Waals surface area contributed by atoms with Gasteiger partial charge in [-0.05, 0) is 43.0 Å². The molecule has 23 heavy (non-hydrogen) atoms. The van der Waals surface area contributed by atoms with E-state index in [0.29, 0.717) is 19.3 Å². The van der Waals surface area contributed by atoms with E-state index in [1.165, 1.54) is 0 Å². The van der Waals surface area contributed by atoms with Crippen molar-refractivity contribution in [2.45, 2.75) is 44.6 Å². The molecule has 1 aromatic carbocycles. The Kier molecular flexibility index (Phi) is 4.32. The number of fused-ring (bicyclic) bond motifs is 1. The summed E-state index contributed by atoms with van der Waals surface area (Å²) in [5.41, 5.74) is 2.60. The number of anilines is 2. The van der Waals surface area contributed by atoms with E-state index in [1.807, 2.05) is 12.1 Å². The molecule has 0 aliphatic carbocycles. The maximum absolute atomic E-state index is 12.2. The van der Waals surface area contributed by atoms with Gasteiger partial charge in [0.25, 0.3) is 0 Å². The van der Waals surface area contributed by atoms with Crippen molar-refractivity contribution >= 4 is 29.1 Å². The summed E-state index contributed by atoms with van der Waals surface area (Å²) in [6.45, 7) is 0. The summed E-state index contributed by atoms with van der Waals surface area (Å²) in [5.74, 6) is 0.0483. The number of hydrogen-bond donors (Lipinski definition) is 2. The van der Waals surface area contributed by atoms with Crippen LogP contribution in [0.25, 0.3) is 0 Å². The lowest BCUT2D eigenvalue weighted by Crippen LogP contribution is -2.32. The Bertz CT molecular complexity index is 656. The lowest BCUT2D eigenvalue weighted by atomic mass is 10.1. The second-order valence-corrected chi connectivity index (χ2v) is 6.22. The van der Waals surface area contributed by atoms with Gasteiger partial charge in [-0.1, -0.05) is 0 Å². The van der Waals surface area contributed by atoms with Gasteiger partial charge in [0, 0.05) is 43.7 Å². The Morgan fingerprint density at radius 3 is 2.87 bits per heavy atom. The van der Waals surface area contributed by atoms with E-state index in [0.717, 1.165) is 36.2 Å². The molecule has 2 aliphatic heterocycles. The molecule has 2 aliphatic rings. The van der Waals surface area contributed by atoms with Crippen molar-refractivity contribution < 1.29 is 14.4 Å². The summed E-state index contributed by atoms with van der Waals surface area (Å²) < 4.78 is 0. The van der Waals surface area contributed by atoms with Gasteiger partial charge in [-0.3, -0.25) is 14.4 Å². The minimum Gasteiger partial charge on any atom is -0.342 e. The van der Waals surface area contributed by atoms with E-state index in [2.05, 4.69) is 10.6 Å². The van der Waals surface area contributed by atoms with Gasteiger partial charge in [0.2, 0.25) is 17.7 Å². The highest BCUT2D eigenvalue weighted by atomic mass is 16.2.